The fourth-order valence-corrected chi connectivity index (χ4v) is 2.40. The molecule has 21 heavy (non-hydrogen) atoms. The molecular formula is C14H12ClN5O. The van der Waals surface area contributed by atoms with Gasteiger partial charge in [-0.2, -0.15) is 5.10 Å². The lowest BCUT2D eigenvalue weighted by Gasteiger charge is -2.04. The normalized spacial score (nSPS) is 10.9. The Labute approximate surface area is 125 Å². The number of nitrogens with zero attached hydrogens (tertiary/aromatic N) is 4. The molecule has 4 aromatic rings. The SMILES string of the molecule is Cc1nc2cnc3cc(-c4cn[nH]c4)ccc3n2c1O.Cl. The Morgan fingerprint density at radius 3 is 2.81 bits per heavy atom. The largest absolute Gasteiger partial charge is 0.493 e. The first-order chi connectivity index (χ1) is 9.74. The molecule has 7 heteroatoms. The number of aromatic nitrogens is 5. The van der Waals surface area contributed by atoms with E-state index >= 15 is 0 Å². The van der Waals surface area contributed by atoms with Crippen molar-refractivity contribution in [2.24, 2.45) is 0 Å². The molecule has 0 fully saturated rings. The number of halogens is 1. The maximum Gasteiger partial charge on any atom is 0.219 e. The number of imidazole rings is 1. The van der Waals surface area contributed by atoms with Crippen LogP contribution in [0.25, 0.3) is 27.8 Å². The molecular weight excluding hydrogens is 290 g/mol. The first-order valence-electron chi connectivity index (χ1n) is 6.20. The van der Waals surface area contributed by atoms with Gasteiger partial charge in [0, 0.05) is 11.8 Å². The summed E-state index contributed by atoms with van der Waals surface area (Å²) in [5.41, 5.74) is 4.88. The summed E-state index contributed by atoms with van der Waals surface area (Å²) in [4.78, 5) is 8.68. The third-order valence-electron chi connectivity index (χ3n) is 3.41. The predicted molar refractivity (Wildman–Crippen MR) is 81.7 cm³/mol. The fourth-order valence-electron chi connectivity index (χ4n) is 2.40. The first-order valence-corrected chi connectivity index (χ1v) is 6.20. The molecule has 0 saturated carbocycles. The zero-order valence-electron chi connectivity index (χ0n) is 11.1. The summed E-state index contributed by atoms with van der Waals surface area (Å²) in [7, 11) is 0. The summed E-state index contributed by atoms with van der Waals surface area (Å²) in [5.74, 6) is 0.156. The van der Waals surface area contributed by atoms with Crippen molar-refractivity contribution in [3.8, 4) is 17.0 Å². The highest BCUT2D eigenvalue weighted by molar-refractivity contribution is 5.85. The molecule has 106 valence electrons. The van der Waals surface area contributed by atoms with Crippen LogP contribution in [-0.2, 0) is 0 Å². The number of benzene rings is 1. The Bertz CT molecular complexity index is 930. The zero-order valence-corrected chi connectivity index (χ0v) is 11.9. The second-order valence-corrected chi connectivity index (χ2v) is 4.66. The quantitative estimate of drug-likeness (QED) is 0.566. The highest BCUT2D eigenvalue weighted by Crippen LogP contribution is 2.26. The maximum absolute atomic E-state index is 10.1. The minimum absolute atomic E-state index is 0. The molecule has 6 nitrogen and oxygen atoms in total. The van der Waals surface area contributed by atoms with Crippen LogP contribution in [-0.4, -0.2) is 29.7 Å². The summed E-state index contributed by atoms with van der Waals surface area (Å²) in [6.07, 6.45) is 5.26. The van der Waals surface area contributed by atoms with E-state index in [1.54, 1.807) is 23.7 Å². The van der Waals surface area contributed by atoms with Crippen LogP contribution in [0.3, 0.4) is 0 Å². The molecule has 0 unspecified atom stereocenters. The number of aromatic hydroxyl groups is 1. The van der Waals surface area contributed by atoms with Crippen LogP contribution in [0, 0.1) is 6.92 Å². The molecule has 0 aliphatic rings. The van der Waals surface area contributed by atoms with Crippen molar-refractivity contribution in [1.29, 1.82) is 0 Å². The fraction of sp³-hybridized carbons (Fsp3) is 0.0714. The number of hydrogen-bond donors (Lipinski definition) is 2. The monoisotopic (exact) mass is 301 g/mol. The van der Waals surface area contributed by atoms with Crippen molar-refractivity contribution >= 4 is 29.1 Å². The lowest BCUT2D eigenvalue weighted by Crippen LogP contribution is -1.91. The van der Waals surface area contributed by atoms with Crippen molar-refractivity contribution in [2.45, 2.75) is 6.92 Å². The van der Waals surface area contributed by atoms with Gasteiger partial charge in [-0.15, -0.1) is 12.4 Å². The maximum atomic E-state index is 10.1. The highest BCUT2D eigenvalue weighted by atomic mass is 35.5. The zero-order chi connectivity index (χ0) is 13.7. The van der Waals surface area contributed by atoms with Gasteiger partial charge in [0.05, 0.1) is 23.4 Å². The van der Waals surface area contributed by atoms with Crippen LogP contribution in [0.15, 0.2) is 36.8 Å². The second kappa shape index (κ2) is 4.75. The molecule has 0 aliphatic carbocycles. The van der Waals surface area contributed by atoms with E-state index in [-0.39, 0.29) is 18.3 Å². The average Bonchev–Trinajstić information content (AvgIpc) is 3.08. The van der Waals surface area contributed by atoms with Gasteiger partial charge < -0.3 is 5.11 Å². The van der Waals surface area contributed by atoms with E-state index in [0.29, 0.717) is 11.3 Å². The van der Waals surface area contributed by atoms with Gasteiger partial charge >= 0.3 is 0 Å². The number of aryl methyl sites for hydroxylation is 1. The molecule has 1 aromatic carbocycles. The summed E-state index contributed by atoms with van der Waals surface area (Å²) in [6, 6.07) is 5.87. The van der Waals surface area contributed by atoms with Gasteiger partial charge in [0.1, 0.15) is 5.69 Å². The Morgan fingerprint density at radius 2 is 2.05 bits per heavy atom. The molecule has 2 N–H and O–H groups in total. The summed E-state index contributed by atoms with van der Waals surface area (Å²) < 4.78 is 1.71. The van der Waals surface area contributed by atoms with Crippen LogP contribution in [0.4, 0.5) is 0 Å². The van der Waals surface area contributed by atoms with E-state index in [1.807, 2.05) is 24.4 Å². The third-order valence-corrected chi connectivity index (χ3v) is 3.41. The van der Waals surface area contributed by atoms with Crippen LogP contribution in [0.1, 0.15) is 5.69 Å². The van der Waals surface area contributed by atoms with Gasteiger partial charge in [0.2, 0.25) is 5.88 Å². The van der Waals surface area contributed by atoms with Gasteiger partial charge in [-0.25, -0.2) is 4.98 Å². The smallest absolute Gasteiger partial charge is 0.219 e. The van der Waals surface area contributed by atoms with Gasteiger partial charge in [-0.05, 0) is 24.6 Å². The van der Waals surface area contributed by atoms with Crippen LogP contribution < -0.4 is 0 Å². The molecule has 0 saturated heterocycles. The van der Waals surface area contributed by atoms with E-state index in [4.69, 9.17) is 0 Å². The topological polar surface area (TPSA) is 79.1 Å². The Kier molecular flexibility index (Phi) is 3.03. The minimum Gasteiger partial charge on any atom is -0.493 e. The van der Waals surface area contributed by atoms with Gasteiger partial charge in [0.15, 0.2) is 5.65 Å². The standard InChI is InChI=1S/C14H11N5O.ClH/c1-8-14(20)19-12-3-2-9(10-5-16-17-6-10)4-11(12)15-7-13(19)18-8;/h2-7,20H,1H3,(H,16,17);1H. The second-order valence-electron chi connectivity index (χ2n) is 4.66. The minimum atomic E-state index is 0. The van der Waals surface area contributed by atoms with E-state index in [9.17, 15) is 5.11 Å². The lowest BCUT2D eigenvalue weighted by molar-refractivity contribution is 0.446. The van der Waals surface area contributed by atoms with E-state index in [1.165, 1.54) is 0 Å². The van der Waals surface area contributed by atoms with Crippen molar-refractivity contribution < 1.29 is 5.11 Å². The highest BCUT2D eigenvalue weighted by Gasteiger charge is 2.11. The van der Waals surface area contributed by atoms with Crippen molar-refractivity contribution in [1.82, 2.24) is 24.6 Å². The first kappa shape index (κ1) is 13.4. The van der Waals surface area contributed by atoms with E-state index in [2.05, 4.69) is 20.2 Å². The van der Waals surface area contributed by atoms with Crippen molar-refractivity contribution in [2.75, 3.05) is 0 Å². The molecule has 0 amide bonds. The number of nitrogens with one attached hydrogen (secondary N) is 1. The molecule has 3 heterocycles. The average molecular weight is 302 g/mol. The van der Waals surface area contributed by atoms with E-state index < -0.39 is 0 Å². The molecule has 0 spiro atoms. The predicted octanol–water partition coefficient (Wildman–Crippen LogP) is 2.71. The molecule has 3 aromatic heterocycles. The molecule has 0 radical (unpaired) electrons. The Hall–Kier alpha value is -2.60. The third kappa shape index (κ3) is 1.92. The summed E-state index contributed by atoms with van der Waals surface area (Å²) in [6.45, 7) is 1.77. The molecule has 0 bridgehead atoms. The molecule has 0 aliphatic heterocycles. The van der Waals surface area contributed by atoms with Gasteiger partial charge in [-0.3, -0.25) is 14.5 Å². The number of H-pyrrole nitrogens is 1. The van der Waals surface area contributed by atoms with Crippen LogP contribution in [0.2, 0.25) is 0 Å². The summed E-state index contributed by atoms with van der Waals surface area (Å²) >= 11 is 0. The van der Waals surface area contributed by atoms with Gasteiger partial charge in [0.25, 0.3) is 0 Å². The molecule has 4 rings (SSSR count). The number of rotatable bonds is 1. The van der Waals surface area contributed by atoms with Crippen molar-refractivity contribution in [3.63, 3.8) is 0 Å². The summed E-state index contributed by atoms with van der Waals surface area (Å²) in [5, 5.41) is 16.8. The molecule has 0 atom stereocenters. The van der Waals surface area contributed by atoms with E-state index in [0.717, 1.165) is 22.2 Å². The Morgan fingerprint density at radius 1 is 1.19 bits per heavy atom. The number of fused-ring (bicyclic) bond motifs is 3. The number of aromatic amines is 1. The van der Waals surface area contributed by atoms with Crippen molar-refractivity contribution in [3.05, 3.63) is 42.5 Å². The van der Waals surface area contributed by atoms with Gasteiger partial charge in [-0.1, -0.05) is 6.07 Å². The Balaban J connectivity index is 0.00000132. The lowest BCUT2D eigenvalue weighted by atomic mass is 10.1. The van der Waals surface area contributed by atoms with Crippen LogP contribution >= 0.6 is 12.4 Å². The van der Waals surface area contributed by atoms with Crippen LogP contribution in [0.5, 0.6) is 5.88 Å². The number of hydrogen-bond acceptors (Lipinski definition) is 4.